The second-order valence-corrected chi connectivity index (χ2v) is 19.2. The predicted molar refractivity (Wildman–Crippen MR) is 256 cm³/mol. The smallest absolute Gasteiger partial charge is 0.312 e. The van der Waals surface area contributed by atoms with Gasteiger partial charge in [0.15, 0.2) is 11.3 Å². The Hall–Kier alpha value is -6.01. The van der Waals surface area contributed by atoms with Gasteiger partial charge in [-0.2, -0.15) is 0 Å². The number of ketones is 1. The summed E-state index contributed by atoms with van der Waals surface area (Å²) >= 11 is 0. The minimum atomic E-state index is -2.08. The first-order valence-corrected chi connectivity index (χ1v) is 23.2. The molecule has 2 aromatic carbocycles. The first kappa shape index (κ1) is 49.9. The summed E-state index contributed by atoms with van der Waals surface area (Å²) in [5, 5.41) is 48.7. The van der Waals surface area contributed by atoms with Crippen LogP contribution in [0, 0.1) is 36.5 Å². The van der Waals surface area contributed by atoms with Crippen molar-refractivity contribution in [3.8, 4) is 28.7 Å². The molecule has 0 aromatic heterocycles. The van der Waals surface area contributed by atoms with Crippen molar-refractivity contribution in [1.82, 2.24) is 9.88 Å². The maximum absolute atomic E-state index is 14.9. The number of phenolic OH excluding ortho intramolecular Hbond substituents is 2. The third kappa shape index (κ3) is 9.28. The van der Waals surface area contributed by atoms with Gasteiger partial charge >= 0.3 is 11.8 Å². The van der Waals surface area contributed by atoms with Gasteiger partial charge in [-0.05, 0) is 25.8 Å². The first-order valence-electron chi connectivity index (χ1n) is 23.2. The number of hydrogen-bond donors (Lipinski definition) is 5. The summed E-state index contributed by atoms with van der Waals surface area (Å²) in [5.74, 6) is -7.31. The summed E-state index contributed by atoms with van der Waals surface area (Å²) in [5.41, 5.74) is -0.643. The minimum Gasteiger partial charge on any atom is -0.507 e. The summed E-state index contributed by atoms with van der Waals surface area (Å²) in [7, 11) is 1.44. The van der Waals surface area contributed by atoms with Crippen molar-refractivity contribution in [2.24, 2.45) is 29.6 Å². The van der Waals surface area contributed by atoms with Crippen LogP contribution in [0.5, 0.6) is 17.2 Å². The zero-order valence-electron chi connectivity index (χ0n) is 40.6. The van der Waals surface area contributed by atoms with Crippen molar-refractivity contribution in [3.63, 3.8) is 0 Å². The number of nitrogens with one attached hydrogen (secondary N) is 1. The van der Waals surface area contributed by atoms with Crippen LogP contribution in [0.25, 0.3) is 33.3 Å². The number of nitrogens with zero attached hydrogens (tertiary/aromatic N) is 3. The second-order valence-electron chi connectivity index (χ2n) is 19.2. The normalized spacial score (nSPS) is 29.5. The van der Waals surface area contributed by atoms with Crippen molar-refractivity contribution >= 4 is 50.9 Å². The van der Waals surface area contributed by atoms with Gasteiger partial charge in [-0.1, -0.05) is 59.8 Å². The number of ether oxygens (including phenoxy) is 4. The molecule has 7 rings (SSSR count). The van der Waals surface area contributed by atoms with Crippen LogP contribution in [0.2, 0.25) is 0 Å². The van der Waals surface area contributed by atoms with E-state index in [0.717, 1.165) is 19.6 Å². The Morgan fingerprint density at radius 1 is 0.971 bits per heavy atom. The molecule has 4 heterocycles. The van der Waals surface area contributed by atoms with E-state index < -0.39 is 82.7 Å². The number of aliphatic hydroxyl groups excluding tert-OH is 2. The fourth-order valence-corrected chi connectivity index (χ4v) is 9.76. The number of aromatic nitrogens is 1. The Balaban J connectivity index is 1.42. The highest BCUT2D eigenvalue weighted by atomic mass is 16.7. The van der Waals surface area contributed by atoms with Crippen molar-refractivity contribution in [3.05, 3.63) is 69.6 Å². The summed E-state index contributed by atoms with van der Waals surface area (Å²) in [6.07, 6.45) is 3.49. The van der Waals surface area contributed by atoms with Gasteiger partial charge in [0, 0.05) is 112 Å². The van der Waals surface area contributed by atoms with Crippen LogP contribution in [-0.2, 0) is 23.8 Å². The summed E-state index contributed by atoms with van der Waals surface area (Å²) in [6.45, 7) is 20.8. The fraction of sp³-hybridized carbons (Fsp3) is 0.510. The van der Waals surface area contributed by atoms with Gasteiger partial charge in [0.25, 0.3) is 11.7 Å². The van der Waals surface area contributed by atoms with E-state index >= 15 is 0 Å². The monoisotopic (exact) mass is 940 g/mol. The number of phenols is 2. The number of carbonyl (C=O) groups is 3. The fourth-order valence-electron chi connectivity index (χ4n) is 9.76. The number of carbonyl (C=O) groups excluding carboxylic acids is 3. The van der Waals surface area contributed by atoms with Crippen LogP contribution in [0.1, 0.15) is 78.2 Å². The average Bonchev–Trinajstić information content (AvgIpc) is 3.56. The second kappa shape index (κ2) is 19.5. The highest BCUT2D eigenvalue weighted by molar-refractivity contribution is 6.22. The van der Waals surface area contributed by atoms with Gasteiger partial charge < -0.3 is 54.0 Å². The Bertz CT molecular complexity index is 2740. The van der Waals surface area contributed by atoms with Crippen LogP contribution in [0.15, 0.2) is 57.5 Å². The lowest BCUT2D eigenvalue weighted by atomic mass is 9.78. The highest BCUT2D eigenvalue weighted by Crippen LogP contribution is 2.51. The van der Waals surface area contributed by atoms with Crippen LogP contribution in [0.4, 0.5) is 11.4 Å². The van der Waals surface area contributed by atoms with Gasteiger partial charge in [-0.3, -0.25) is 24.1 Å². The number of Topliss-reactive ketones (excluding diaryl/α,β-unsaturated/α-hetero) is 1. The summed E-state index contributed by atoms with van der Waals surface area (Å²) in [6, 6.07) is 3.28. The van der Waals surface area contributed by atoms with E-state index in [4.69, 9.17) is 28.3 Å². The van der Waals surface area contributed by atoms with Crippen molar-refractivity contribution in [1.29, 1.82) is 0 Å². The average molecular weight is 941 g/mol. The molecule has 4 bridgehead atoms. The number of methoxy groups -OCH3 is 1. The topological polar surface area (TPSA) is 231 Å². The van der Waals surface area contributed by atoms with Crippen LogP contribution < -0.4 is 20.4 Å². The van der Waals surface area contributed by atoms with E-state index in [-0.39, 0.29) is 67.2 Å². The number of piperazine rings is 1. The van der Waals surface area contributed by atoms with Gasteiger partial charge in [0.05, 0.1) is 35.5 Å². The van der Waals surface area contributed by atoms with Crippen LogP contribution in [0.3, 0.4) is 0 Å². The molecule has 1 fully saturated rings. The highest BCUT2D eigenvalue weighted by Gasteiger charge is 2.50. The predicted octanol–water partition coefficient (Wildman–Crippen LogP) is 6.43. The summed E-state index contributed by atoms with van der Waals surface area (Å²) < 4.78 is 30.4. The standard InChI is InChI=1S/C51H64N4O13/c1-24(2)23-54-16-18-55(19-17-54)32-21-33(57)39-35(22-32)67-48-40(52-39)36-37-44(60)30(8)47-38(36)49(62)51(10,68-47)65-20-15-34(64-11)27(5)46(66-31(9)56)29(7)43(59)28(6)42(58)25(3)13-12-14-26(4)50(63)53-41(48)45(37)61/h12-15,20-22,24-25,27-29,34,42-43,46,57-60H,16-19,23H2,1-11H3,(H,53,63)/b13-12+,20-15+,26-14-/t25-,27+,28+,29+,34-,42-,43+,46+,51-/m0/s1. The molecule has 17 nitrogen and oxygen atoms in total. The molecule has 5 aliphatic rings. The van der Waals surface area contributed by atoms with Gasteiger partial charge in [-0.25, -0.2) is 4.98 Å². The van der Waals surface area contributed by atoms with Gasteiger partial charge in [0.2, 0.25) is 5.43 Å². The molecule has 9 atom stereocenters. The molecular weight excluding hydrogens is 877 g/mol. The van der Waals surface area contributed by atoms with Crippen molar-refractivity contribution < 1.29 is 58.2 Å². The maximum Gasteiger partial charge on any atom is 0.312 e. The number of esters is 1. The number of rotatable bonds is 5. The Labute approximate surface area is 395 Å². The molecule has 0 unspecified atom stereocenters. The number of benzene rings is 3. The third-order valence-corrected chi connectivity index (χ3v) is 13.8. The van der Waals surface area contributed by atoms with E-state index in [1.807, 2.05) is 0 Å². The van der Waals surface area contributed by atoms with Crippen molar-refractivity contribution in [2.75, 3.05) is 50.1 Å². The molecule has 1 saturated heterocycles. The zero-order chi connectivity index (χ0) is 49.7. The Morgan fingerprint density at radius 2 is 1.66 bits per heavy atom. The summed E-state index contributed by atoms with van der Waals surface area (Å²) in [4.78, 5) is 65.5. The molecule has 5 N–H and O–H groups in total. The van der Waals surface area contributed by atoms with Crippen LogP contribution in [-0.4, -0.2) is 118 Å². The van der Waals surface area contributed by atoms with E-state index in [2.05, 4.69) is 29.0 Å². The quantitative estimate of drug-likeness (QED) is 0.0824. The van der Waals surface area contributed by atoms with Gasteiger partial charge in [-0.15, -0.1) is 0 Å². The molecule has 1 amide bonds. The largest absolute Gasteiger partial charge is 0.507 e. The molecule has 17 heteroatoms. The van der Waals surface area contributed by atoms with E-state index in [0.29, 0.717) is 24.7 Å². The van der Waals surface area contributed by atoms with Crippen molar-refractivity contribution in [2.45, 2.75) is 99.4 Å². The Morgan fingerprint density at radius 3 is 2.31 bits per heavy atom. The number of anilines is 2. The number of hydrogen-bond acceptors (Lipinski definition) is 16. The molecule has 0 radical (unpaired) electrons. The molecule has 68 heavy (non-hydrogen) atoms. The number of aromatic hydroxyl groups is 2. The lowest BCUT2D eigenvalue weighted by Gasteiger charge is -2.38. The zero-order valence-corrected chi connectivity index (χ0v) is 40.6. The van der Waals surface area contributed by atoms with Gasteiger partial charge in [0.1, 0.15) is 40.3 Å². The maximum atomic E-state index is 14.9. The number of aliphatic hydroxyl groups is 2. The van der Waals surface area contributed by atoms with Crippen LogP contribution >= 0.6 is 0 Å². The molecule has 4 aliphatic heterocycles. The minimum absolute atomic E-state index is 0.00679. The van der Waals surface area contributed by atoms with E-state index in [1.54, 1.807) is 52.0 Å². The molecule has 2 aromatic rings. The third-order valence-electron chi connectivity index (χ3n) is 13.8. The van der Waals surface area contributed by atoms with E-state index in [9.17, 15) is 39.6 Å². The SMILES string of the molecule is CO[C@H]1/C=C/O[C@@]2(C)Oc3c(C)c(O)c4c(=O)c(c5oc6cc(N7CCN(CC(C)C)CC7)cc(O)c6nc-5c4c3C2=O)NC(=O)/C(C)=C\C=C\[C@H](C)[C@H](O)[C@@H](C)[C@@H](O)[C@@H](C)[C@H](OC(C)=O)[C@@H]1C. The molecule has 0 spiro atoms. The molecule has 0 saturated carbocycles. The molecular formula is C51H64N4O13. The lowest BCUT2D eigenvalue weighted by molar-refractivity contribution is -0.160. The first-order chi connectivity index (χ1) is 32.1. The lowest BCUT2D eigenvalue weighted by Crippen LogP contribution is -2.47. The number of amides is 1. The number of allylic oxidation sites excluding steroid dienone is 2. The van der Waals surface area contributed by atoms with E-state index in [1.165, 1.54) is 53.2 Å². The molecule has 1 aliphatic carbocycles. The molecule has 366 valence electrons. The Kier molecular flexibility index (Phi) is 14.3. The number of fused-ring (bicyclic) bond motifs is 2.